The largest absolute Gasteiger partial charge is 0.462 e. The summed E-state index contributed by atoms with van der Waals surface area (Å²) in [6.07, 6.45) is 22.9. The molecular formula is C29H55NO3S. The summed E-state index contributed by atoms with van der Waals surface area (Å²) in [6, 6.07) is 0. The van der Waals surface area contributed by atoms with Crippen molar-refractivity contribution in [2.24, 2.45) is 0 Å². The lowest BCUT2D eigenvalue weighted by Crippen LogP contribution is -2.64. The number of esters is 1. The van der Waals surface area contributed by atoms with Crippen molar-refractivity contribution in [1.29, 1.82) is 0 Å². The van der Waals surface area contributed by atoms with Gasteiger partial charge < -0.3 is 14.8 Å². The zero-order valence-electron chi connectivity index (χ0n) is 23.1. The molecule has 0 aromatic rings. The summed E-state index contributed by atoms with van der Waals surface area (Å²) in [5, 5.41) is 3.57. The van der Waals surface area contributed by atoms with Crippen LogP contribution in [-0.2, 0) is 14.3 Å². The van der Waals surface area contributed by atoms with Crippen LogP contribution in [0, 0.1) is 0 Å². The molecule has 0 saturated carbocycles. The van der Waals surface area contributed by atoms with Gasteiger partial charge in [-0.05, 0) is 40.2 Å². The van der Waals surface area contributed by atoms with Gasteiger partial charge in [0.25, 0.3) is 0 Å². The lowest BCUT2D eigenvalue weighted by molar-refractivity contribution is -0.138. The molecule has 0 amide bonds. The van der Waals surface area contributed by atoms with Crippen molar-refractivity contribution in [3.63, 3.8) is 0 Å². The van der Waals surface area contributed by atoms with E-state index >= 15 is 0 Å². The van der Waals surface area contributed by atoms with Crippen molar-refractivity contribution >= 4 is 18.6 Å². The van der Waals surface area contributed by atoms with Gasteiger partial charge in [-0.1, -0.05) is 103 Å². The van der Waals surface area contributed by atoms with E-state index in [1.807, 2.05) is 0 Å². The van der Waals surface area contributed by atoms with E-state index in [0.29, 0.717) is 18.1 Å². The van der Waals surface area contributed by atoms with Crippen LogP contribution in [0.15, 0.2) is 11.0 Å². The Bertz CT molecular complexity index is 574. The molecule has 1 atom stereocenters. The first-order chi connectivity index (χ1) is 16.2. The second kappa shape index (κ2) is 17.8. The van der Waals surface area contributed by atoms with Gasteiger partial charge in [0, 0.05) is 11.1 Å². The van der Waals surface area contributed by atoms with Crippen molar-refractivity contribution in [2.45, 2.75) is 155 Å². The first kappa shape index (κ1) is 31.5. The van der Waals surface area contributed by atoms with Gasteiger partial charge >= 0.3 is 5.97 Å². The second-order valence-corrected chi connectivity index (χ2v) is 11.9. The van der Waals surface area contributed by atoms with Crippen LogP contribution >= 0.6 is 12.6 Å². The third-order valence-corrected chi connectivity index (χ3v) is 7.08. The van der Waals surface area contributed by atoms with Crippen LogP contribution in [-0.4, -0.2) is 36.4 Å². The molecule has 0 aromatic carbocycles. The lowest BCUT2D eigenvalue weighted by Gasteiger charge is -2.46. The molecule has 0 spiro atoms. The van der Waals surface area contributed by atoms with Gasteiger partial charge in [-0.3, -0.25) is 0 Å². The molecule has 0 aliphatic carbocycles. The monoisotopic (exact) mass is 497 g/mol. The zero-order chi connectivity index (χ0) is 25.3. The van der Waals surface area contributed by atoms with Gasteiger partial charge in [0.15, 0.2) is 0 Å². The Morgan fingerprint density at radius 2 is 1.29 bits per heavy atom. The molecule has 1 aliphatic rings. The molecule has 1 N–H and O–H groups in total. The van der Waals surface area contributed by atoms with Crippen LogP contribution in [0.1, 0.15) is 137 Å². The van der Waals surface area contributed by atoms with Crippen LogP contribution < -0.4 is 5.32 Å². The highest BCUT2D eigenvalue weighted by Gasteiger charge is 2.40. The summed E-state index contributed by atoms with van der Waals surface area (Å²) in [6.45, 7) is 11.7. The number of rotatable bonds is 19. The van der Waals surface area contributed by atoms with Crippen LogP contribution in [0.5, 0.6) is 0 Å². The second-order valence-electron chi connectivity index (χ2n) is 11.5. The number of unbranched alkanes of at least 4 members (excludes halogenated alkanes) is 15. The molecule has 0 radical (unpaired) electrons. The molecule has 1 fully saturated rings. The third kappa shape index (κ3) is 14.8. The molecule has 1 aliphatic heterocycles. The number of carbonyl (C=O) groups excluding carboxylic acids is 1. The predicted octanol–water partition coefficient (Wildman–Crippen LogP) is 8.15. The van der Waals surface area contributed by atoms with Crippen LogP contribution in [0.25, 0.3) is 0 Å². The van der Waals surface area contributed by atoms with Gasteiger partial charge in [0.1, 0.15) is 0 Å². The van der Waals surface area contributed by atoms with E-state index in [1.54, 1.807) is 6.08 Å². The van der Waals surface area contributed by atoms with E-state index < -0.39 is 0 Å². The minimum atomic E-state index is -0.353. The summed E-state index contributed by atoms with van der Waals surface area (Å²) in [7, 11) is 0. The van der Waals surface area contributed by atoms with Crippen molar-refractivity contribution in [2.75, 3.05) is 13.2 Å². The fourth-order valence-corrected chi connectivity index (χ4v) is 5.04. The van der Waals surface area contributed by atoms with E-state index in [0.717, 1.165) is 12.8 Å². The smallest absolute Gasteiger partial charge is 0.344 e. The molecule has 1 heterocycles. The molecule has 1 unspecified atom stereocenters. The van der Waals surface area contributed by atoms with Crippen LogP contribution in [0.3, 0.4) is 0 Å². The normalized spacial score (nSPS) is 19.8. The summed E-state index contributed by atoms with van der Waals surface area (Å²) >= 11 is 4.37. The lowest BCUT2D eigenvalue weighted by atomic mass is 9.89. The highest BCUT2D eigenvalue weighted by atomic mass is 32.1. The van der Waals surface area contributed by atoms with Crippen molar-refractivity contribution in [1.82, 2.24) is 5.32 Å². The van der Waals surface area contributed by atoms with Crippen molar-refractivity contribution < 1.29 is 14.3 Å². The Hall–Kier alpha value is -0.520. The molecule has 1 rings (SSSR count). The maximum Gasteiger partial charge on any atom is 0.344 e. The average molecular weight is 498 g/mol. The summed E-state index contributed by atoms with van der Waals surface area (Å²) in [5.74, 6) is -0.353. The fraction of sp³-hybridized carbons (Fsp3) is 0.897. The first-order valence-corrected chi connectivity index (χ1v) is 14.6. The first-order valence-electron chi connectivity index (χ1n) is 14.2. The topological polar surface area (TPSA) is 47.6 Å². The third-order valence-electron chi connectivity index (χ3n) is 6.75. The van der Waals surface area contributed by atoms with Crippen LogP contribution in [0.4, 0.5) is 0 Å². The number of thiol groups is 1. The van der Waals surface area contributed by atoms with Crippen molar-refractivity contribution in [3.8, 4) is 0 Å². The number of morpholine rings is 1. The Kier molecular flexibility index (Phi) is 16.5. The predicted molar refractivity (Wildman–Crippen MR) is 149 cm³/mol. The van der Waals surface area contributed by atoms with Gasteiger partial charge in [0.05, 0.1) is 24.2 Å². The number of hydrogen-bond acceptors (Lipinski definition) is 5. The molecule has 1 saturated heterocycles. The van der Waals surface area contributed by atoms with E-state index in [2.05, 4.69) is 52.6 Å². The quantitative estimate of drug-likeness (QED) is 0.0818. The molecule has 5 heteroatoms. The van der Waals surface area contributed by atoms with Gasteiger partial charge in [-0.2, -0.15) is 0 Å². The Labute approximate surface area is 216 Å². The molecule has 0 aromatic heterocycles. The van der Waals surface area contributed by atoms with Gasteiger partial charge in [-0.25, -0.2) is 4.79 Å². The standard InChI is InChI=1S/C29H55NO3S/c1-6-7-8-9-10-11-12-13-14-15-16-17-18-19-20-21-22-32-27(31)25(34)23-26-29(4,5)30-28(2,3)24-33-26/h23,26,30,34H,6-22,24H2,1-5H3. The zero-order valence-corrected chi connectivity index (χ0v) is 23.9. The van der Waals surface area contributed by atoms with E-state index in [9.17, 15) is 4.79 Å². The Balaban J connectivity index is 1.97. The average Bonchev–Trinajstić information content (AvgIpc) is 2.76. The number of nitrogens with one attached hydrogen (secondary N) is 1. The van der Waals surface area contributed by atoms with Gasteiger partial charge in [-0.15, -0.1) is 12.6 Å². The molecule has 200 valence electrons. The number of ether oxygens (including phenoxy) is 2. The molecular weight excluding hydrogens is 442 g/mol. The van der Waals surface area contributed by atoms with Crippen molar-refractivity contribution in [3.05, 3.63) is 11.0 Å². The Morgan fingerprint density at radius 1 is 0.853 bits per heavy atom. The highest BCUT2D eigenvalue weighted by molar-refractivity contribution is 7.85. The van der Waals surface area contributed by atoms with E-state index in [4.69, 9.17) is 9.47 Å². The molecule has 34 heavy (non-hydrogen) atoms. The maximum atomic E-state index is 12.3. The summed E-state index contributed by atoms with van der Waals surface area (Å²) < 4.78 is 11.4. The molecule has 4 nitrogen and oxygen atoms in total. The Morgan fingerprint density at radius 3 is 1.74 bits per heavy atom. The minimum absolute atomic E-state index is 0.0850. The van der Waals surface area contributed by atoms with Crippen LogP contribution in [0.2, 0.25) is 0 Å². The van der Waals surface area contributed by atoms with E-state index in [1.165, 1.54) is 89.9 Å². The SMILES string of the molecule is CCCCCCCCCCCCCCCCCCOC(=O)C(S)=CC1OCC(C)(C)NC1(C)C. The number of carbonyl (C=O) groups is 1. The van der Waals surface area contributed by atoms with Gasteiger partial charge in [0.2, 0.25) is 0 Å². The molecule has 0 bridgehead atoms. The number of hydrogen-bond donors (Lipinski definition) is 2. The minimum Gasteiger partial charge on any atom is -0.462 e. The fourth-order valence-electron chi connectivity index (χ4n) is 4.84. The summed E-state index contributed by atoms with van der Waals surface area (Å²) in [5.41, 5.74) is -0.359. The highest BCUT2D eigenvalue weighted by Crippen LogP contribution is 2.26. The van der Waals surface area contributed by atoms with E-state index in [-0.39, 0.29) is 23.2 Å². The summed E-state index contributed by atoms with van der Waals surface area (Å²) in [4.78, 5) is 12.6. The maximum absolute atomic E-state index is 12.3.